The van der Waals surface area contributed by atoms with Gasteiger partial charge >= 0.3 is 0 Å². The zero-order chi connectivity index (χ0) is 11.0. The summed E-state index contributed by atoms with van der Waals surface area (Å²) >= 11 is 1.57. The Hall–Kier alpha value is -1.95. The van der Waals surface area contributed by atoms with Gasteiger partial charge in [-0.3, -0.25) is 4.68 Å². The van der Waals surface area contributed by atoms with Crippen LogP contribution < -0.4 is 5.73 Å². The van der Waals surface area contributed by atoms with Gasteiger partial charge in [-0.25, -0.2) is 9.97 Å². The van der Waals surface area contributed by atoms with Crippen LogP contribution in [0.25, 0.3) is 10.2 Å². The lowest BCUT2D eigenvalue weighted by Crippen LogP contribution is -2.06. The third kappa shape index (κ3) is 1.53. The SMILES string of the molecule is Nc1nc(Cn2cccn2)nc2sccc12. The molecule has 3 aromatic heterocycles. The minimum Gasteiger partial charge on any atom is -0.383 e. The van der Waals surface area contributed by atoms with E-state index in [-0.39, 0.29) is 0 Å². The summed E-state index contributed by atoms with van der Waals surface area (Å²) in [5.74, 6) is 1.23. The van der Waals surface area contributed by atoms with Gasteiger partial charge in [-0.15, -0.1) is 11.3 Å². The first-order chi connectivity index (χ1) is 7.83. The molecule has 0 bridgehead atoms. The van der Waals surface area contributed by atoms with E-state index >= 15 is 0 Å². The van der Waals surface area contributed by atoms with Crippen molar-refractivity contribution in [1.82, 2.24) is 19.7 Å². The van der Waals surface area contributed by atoms with Crippen molar-refractivity contribution in [1.29, 1.82) is 0 Å². The summed E-state index contributed by atoms with van der Waals surface area (Å²) in [5, 5.41) is 7.00. The van der Waals surface area contributed by atoms with Crippen molar-refractivity contribution in [3.05, 3.63) is 35.7 Å². The largest absolute Gasteiger partial charge is 0.383 e. The molecule has 0 aromatic carbocycles. The molecular formula is C10H9N5S. The Morgan fingerprint density at radius 3 is 3.12 bits per heavy atom. The molecule has 0 fully saturated rings. The summed E-state index contributed by atoms with van der Waals surface area (Å²) in [4.78, 5) is 9.62. The van der Waals surface area contributed by atoms with Gasteiger partial charge in [0.15, 0.2) is 5.82 Å². The summed E-state index contributed by atoms with van der Waals surface area (Å²) in [6.07, 6.45) is 3.60. The third-order valence-corrected chi connectivity index (χ3v) is 3.07. The highest BCUT2D eigenvalue weighted by molar-refractivity contribution is 7.16. The number of rotatable bonds is 2. The van der Waals surface area contributed by atoms with Gasteiger partial charge in [0.2, 0.25) is 0 Å². The van der Waals surface area contributed by atoms with Gasteiger partial charge in [-0.1, -0.05) is 0 Å². The molecule has 0 spiro atoms. The minimum atomic E-state index is 0.536. The lowest BCUT2D eigenvalue weighted by Gasteiger charge is -2.02. The maximum absolute atomic E-state index is 5.86. The number of nitrogens with zero attached hydrogens (tertiary/aromatic N) is 4. The van der Waals surface area contributed by atoms with Crippen LogP contribution in [0.15, 0.2) is 29.9 Å². The Balaban J connectivity index is 2.04. The fourth-order valence-corrected chi connectivity index (χ4v) is 2.32. The maximum atomic E-state index is 5.86. The topological polar surface area (TPSA) is 69.6 Å². The zero-order valence-corrected chi connectivity index (χ0v) is 9.18. The van der Waals surface area contributed by atoms with Crippen LogP contribution in [0.1, 0.15) is 5.82 Å². The lowest BCUT2D eigenvalue weighted by atomic mass is 10.4. The molecule has 6 heteroatoms. The van der Waals surface area contributed by atoms with Crippen molar-refractivity contribution in [2.45, 2.75) is 6.54 Å². The predicted molar refractivity (Wildman–Crippen MR) is 63.2 cm³/mol. The second-order valence-corrected chi connectivity index (χ2v) is 4.26. The van der Waals surface area contributed by atoms with Crippen molar-refractivity contribution >= 4 is 27.4 Å². The Kier molecular flexibility index (Phi) is 2.07. The van der Waals surface area contributed by atoms with Gasteiger partial charge in [-0.05, 0) is 17.5 Å². The molecule has 80 valence electrons. The third-order valence-electron chi connectivity index (χ3n) is 2.26. The molecule has 0 amide bonds. The van der Waals surface area contributed by atoms with Gasteiger partial charge in [0.1, 0.15) is 17.2 Å². The van der Waals surface area contributed by atoms with Crippen LogP contribution in [0.5, 0.6) is 0 Å². The Labute approximate surface area is 95.6 Å². The number of nitrogen functional groups attached to an aromatic ring is 1. The fraction of sp³-hybridized carbons (Fsp3) is 0.100. The van der Waals surface area contributed by atoms with E-state index in [1.807, 2.05) is 23.7 Å². The number of hydrogen-bond acceptors (Lipinski definition) is 5. The molecule has 3 rings (SSSR count). The average molecular weight is 231 g/mol. The highest BCUT2D eigenvalue weighted by Gasteiger charge is 2.06. The van der Waals surface area contributed by atoms with Crippen molar-refractivity contribution in [2.75, 3.05) is 5.73 Å². The molecule has 0 radical (unpaired) electrons. The van der Waals surface area contributed by atoms with Crippen LogP contribution in [0.3, 0.4) is 0 Å². The molecule has 0 unspecified atom stereocenters. The number of hydrogen-bond donors (Lipinski definition) is 1. The molecule has 0 saturated carbocycles. The van der Waals surface area contributed by atoms with Crippen molar-refractivity contribution in [3.63, 3.8) is 0 Å². The van der Waals surface area contributed by atoms with Crippen LogP contribution in [0.4, 0.5) is 5.82 Å². The molecule has 5 nitrogen and oxygen atoms in total. The second kappa shape index (κ2) is 3.57. The summed E-state index contributed by atoms with van der Waals surface area (Å²) in [6, 6.07) is 3.81. The normalized spacial score (nSPS) is 11.0. The van der Waals surface area contributed by atoms with E-state index in [0.717, 1.165) is 10.2 Å². The fourth-order valence-electron chi connectivity index (χ4n) is 1.53. The molecule has 0 aliphatic carbocycles. The van der Waals surface area contributed by atoms with Crippen LogP contribution >= 0.6 is 11.3 Å². The van der Waals surface area contributed by atoms with Gasteiger partial charge in [0, 0.05) is 12.4 Å². The molecule has 16 heavy (non-hydrogen) atoms. The molecule has 0 saturated heterocycles. The van der Waals surface area contributed by atoms with Crippen LogP contribution in [0.2, 0.25) is 0 Å². The summed E-state index contributed by atoms with van der Waals surface area (Å²) in [5.41, 5.74) is 5.86. The average Bonchev–Trinajstić information content (AvgIpc) is 2.87. The van der Waals surface area contributed by atoms with E-state index in [1.165, 1.54) is 0 Å². The Morgan fingerprint density at radius 2 is 2.31 bits per heavy atom. The Morgan fingerprint density at radius 1 is 1.38 bits per heavy atom. The highest BCUT2D eigenvalue weighted by Crippen LogP contribution is 2.22. The minimum absolute atomic E-state index is 0.536. The first-order valence-electron chi connectivity index (χ1n) is 4.80. The second-order valence-electron chi connectivity index (χ2n) is 3.37. The van der Waals surface area contributed by atoms with E-state index in [1.54, 1.807) is 22.2 Å². The molecule has 3 aromatic rings. The van der Waals surface area contributed by atoms with E-state index in [2.05, 4.69) is 15.1 Å². The van der Waals surface area contributed by atoms with Crippen LogP contribution in [-0.2, 0) is 6.54 Å². The highest BCUT2D eigenvalue weighted by atomic mass is 32.1. The summed E-state index contributed by atoms with van der Waals surface area (Å²) in [7, 11) is 0. The summed E-state index contributed by atoms with van der Waals surface area (Å²) in [6.45, 7) is 0.547. The molecule has 2 N–H and O–H groups in total. The molecule has 0 atom stereocenters. The number of nitrogens with two attached hydrogens (primary N) is 1. The summed E-state index contributed by atoms with van der Waals surface area (Å²) < 4.78 is 1.77. The van der Waals surface area contributed by atoms with Crippen molar-refractivity contribution in [2.24, 2.45) is 0 Å². The number of anilines is 1. The monoisotopic (exact) mass is 231 g/mol. The van der Waals surface area contributed by atoms with E-state index < -0.39 is 0 Å². The van der Waals surface area contributed by atoms with E-state index in [4.69, 9.17) is 5.73 Å². The zero-order valence-electron chi connectivity index (χ0n) is 8.37. The molecule has 3 heterocycles. The van der Waals surface area contributed by atoms with Gasteiger partial charge < -0.3 is 5.73 Å². The van der Waals surface area contributed by atoms with Crippen LogP contribution in [-0.4, -0.2) is 19.7 Å². The number of aromatic nitrogens is 4. The van der Waals surface area contributed by atoms with Crippen molar-refractivity contribution < 1.29 is 0 Å². The number of thiophene rings is 1. The van der Waals surface area contributed by atoms with Crippen LogP contribution in [0, 0.1) is 0 Å². The maximum Gasteiger partial charge on any atom is 0.153 e. The predicted octanol–water partition coefficient (Wildman–Crippen LogP) is 1.52. The quantitative estimate of drug-likeness (QED) is 0.726. The standard InChI is InChI=1S/C10H9N5S/c11-9-7-2-5-16-10(7)14-8(13-9)6-15-4-1-3-12-15/h1-5H,6H2,(H2,11,13,14). The Bertz CT molecular complexity index is 613. The molecular weight excluding hydrogens is 222 g/mol. The van der Waals surface area contributed by atoms with Gasteiger partial charge in [0.05, 0.1) is 5.39 Å². The van der Waals surface area contributed by atoms with E-state index in [9.17, 15) is 0 Å². The van der Waals surface area contributed by atoms with Crippen molar-refractivity contribution in [3.8, 4) is 0 Å². The first kappa shape index (κ1) is 9.29. The molecule has 0 aliphatic heterocycles. The number of fused-ring (bicyclic) bond motifs is 1. The van der Waals surface area contributed by atoms with E-state index in [0.29, 0.717) is 18.2 Å². The lowest BCUT2D eigenvalue weighted by molar-refractivity contribution is 0.659. The van der Waals surface area contributed by atoms with Gasteiger partial charge in [-0.2, -0.15) is 5.10 Å². The molecule has 0 aliphatic rings. The smallest absolute Gasteiger partial charge is 0.153 e. The van der Waals surface area contributed by atoms with Gasteiger partial charge in [0.25, 0.3) is 0 Å². The first-order valence-corrected chi connectivity index (χ1v) is 5.68.